The molecule has 1 heteroatoms. The zero-order valence-electron chi connectivity index (χ0n) is 7.89. The van der Waals surface area contributed by atoms with Crippen LogP contribution in [0.3, 0.4) is 0 Å². The van der Waals surface area contributed by atoms with Crippen molar-refractivity contribution in [1.82, 2.24) is 0 Å². The van der Waals surface area contributed by atoms with Crippen LogP contribution in [0.4, 0.5) is 0 Å². The first-order valence-corrected chi connectivity index (χ1v) is 4.06. The van der Waals surface area contributed by atoms with Crippen molar-refractivity contribution in [2.45, 2.75) is 26.2 Å². The van der Waals surface area contributed by atoms with E-state index < -0.39 is 0 Å². The van der Waals surface area contributed by atoms with Crippen LogP contribution in [0.1, 0.15) is 31.9 Å². The van der Waals surface area contributed by atoms with E-state index in [1.165, 1.54) is 0 Å². The molecule has 0 atom stereocenters. The quantitative estimate of drug-likeness (QED) is 0.623. The Balaban J connectivity index is 3.18. The molecule has 1 N–H and O–H groups in total. The fourth-order valence-electron chi connectivity index (χ4n) is 1.11. The van der Waals surface area contributed by atoms with Crippen molar-refractivity contribution >= 4 is 0 Å². The second-order valence-electron chi connectivity index (χ2n) is 4.14. The van der Waals surface area contributed by atoms with Gasteiger partial charge in [-0.1, -0.05) is 26.8 Å². The van der Waals surface area contributed by atoms with Gasteiger partial charge in [0, 0.05) is 0 Å². The fraction of sp³-hybridized carbons (Fsp3) is 0.364. The Bertz CT molecular complexity index is 261. The molecule has 0 spiro atoms. The average molecular weight is 163 g/mol. The first kappa shape index (κ1) is 9.11. The summed E-state index contributed by atoms with van der Waals surface area (Å²) in [5, 5.41) is 9.32. The molecule has 1 nitrogen and oxygen atoms in total. The minimum Gasteiger partial charge on any atom is -0.508 e. The van der Waals surface area contributed by atoms with Crippen LogP contribution in [-0.4, -0.2) is 5.11 Å². The lowest BCUT2D eigenvalue weighted by Gasteiger charge is -2.19. The highest BCUT2D eigenvalue weighted by Crippen LogP contribution is 2.26. The molecule has 1 aromatic rings. The summed E-state index contributed by atoms with van der Waals surface area (Å²) < 4.78 is 0. The van der Waals surface area contributed by atoms with Crippen LogP contribution < -0.4 is 0 Å². The molecule has 0 heterocycles. The molecule has 0 aliphatic heterocycles. The van der Waals surface area contributed by atoms with Crippen LogP contribution in [-0.2, 0) is 5.41 Å². The first-order chi connectivity index (χ1) is 5.39. The minimum absolute atomic E-state index is 0.0746. The number of phenols is 1. The van der Waals surface area contributed by atoms with E-state index in [0.29, 0.717) is 5.75 Å². The maximum absolute atomic E-state index is 9.32. The topological polar surface area (TPSA) is 20.2 Å². The molecule has 12 heavy (non-hydrogen) atoms. The molecule has 0 saturated carbocycles. The molecule has 0 aromatic heterocycles. The number of phenolic OH excluding ortho intramolecular Hbond substituents is 1. The van der Waals surface area contributed by atoms with Gasteiger partial charge >= 0.3 is 0 Å². The summed E-state index contributed by atoms with van der Waals surface area (Å²) in [6.07, 6.45) is 0. The summed E-state index contributed by atoms with van der Waals surface area (Å²) in [6, 6.07) is 5.45. The van der Waals surface area contributed by atoms with Crippen molar-refractivity contribution in [3.05, 3.63) is 36.2 Å². The summed E-state index contributed by atoms with van der Waals surface area (Å²) in [6.45, 7) is 10.1. The van der Waals surface area contributed by atoms with E-state index in [1.54, 1.807) is 12.1 Å². The average Bonchev–Trinajstić information content (AvgIpc) is 1.82. The van der Waals surface area contributed by atoms with Crippen LogP contribution in [0.2, 0.25) is 0 Å². The zero-order chi connectivity index (χ0) is 9.35. The molecule has 1 aromatic carbocycles. The van der Waals surface area contributed by atoms with Crippen LogP contribution in [0, 0.1) is 6.92 Å². The predicted molar refractivity (Wildman–Crippen MR) is 51.3 cm³/mol. The molecule has 0 unspecified atom stereocenters. The van der Waals surface area contributed by atoms with E-state index in [1.807, 2.05) is 6.07 Å². The van der Waals surface area contributed by atoms with Gasteiger partial charge in [0.1, 0.15) is 5.75 Å². The van der Waals surface area contributed by atoms with Gasteiger partial charge in [0.05, 0.1) is 0 Å². The van der Waals surface area contributed by atoms with Gasteiger partial charge < -0.3 is 5.11 Å². The lowest BCUT2D eigenvalue weighted by atomic mass is 9.86. The number of aromatic hydroxyl groups is 1. The molecule has 65 valence electrons. The molecule has 0 fully saturated rings. The lowest BCUT2D eigenvalue weighted by molar-refractivity contribution is 0.470. The molecule has 0 aliphatic carbocycles. The standard InChI is InChI=1S/C11H15O/c1-8-5-9(11(2,3)4)7-10(12)6-8/h5-7,12H,1H2,2-4H3. The maximum atomic E-state index is 9.32. The van der Waals surface area contributed by atoms with Gasteiger partial charge in [-0.2, -0.15) is 0 Å². The maximum Gasteiger partial charge on any atom is 0.116 e. The van der Waals surface area contributed by atoms with Gasteiger partial charge in [-0.3, -0.25) is 0 Å². The number of rotatable bonds is 0. The summed E-state index contributed by atoms with van der Waals surface area (Å²) in [7, 11) is 0. The summed E-state index contributed by atoms with van der Waals surface area (Å²) in [5.74, 6) is 0.299. The molecule has 0 saturated heterocycles. The third kappa shape index (κ3) is 2.00. The van der Waals surface area contributed by atoms with Gasteiger partial charge in [-0.25, -0.2) is 0 Å². The van der Waals surface area contributed by atoms with Crippen molar-refractivity contribution < 1.29 is 5.11 Å². The molecule has 0 aliphatic rings. The summed E-state index contributed by atoms with van der Waals surface area (Å²) >= 11 is 0. The van der Waals surface area contributed by atoms with Crippen molar-refractivity contribution in [3.8, 4) is 5.75 Å². The minimum atomic E-state index is 0.0746. The molecule has 1 radical (unpaired) electrons. The highest BCUT2D eigenvalue weighted by Gasteiger charge is 2.14. The normalized spacial score (nSPS) is 11.7. The Kier molecular flexibility index (Phi) is 2.14. The zero-order valence-corrected chi connectivity index (χ0v) is 7.89. The Hall–Kier alpha value is -0.980. The lowest BCUT2D eigenvalue weighted by Crippen LogP contribution is -2.10. The van der Waals surface area contributed by atoms with Gasteiger partial charge in [0.15, 0.2) is 0 Å². The van der Waals surface area contributed by atoms with Crippen molar-refractivity contribution in [2.24, 2.45) is 0 Å². The largest absolute Gasteiger partial charge is 0.508 e. The van der Waals surface area contributed by atoms with E-state index in [0.717, 1.165) is 11.1 Å². The smallest absolute Gasteiger partial charge is 0.116 e. The Morgan fingerprint density at radius 3 is 2.17 bits per heavy atom. The second-order valence-corrected chi connectivity index (χ2v) is 4.14. The van der Waals surface area contributed by atoms with E-state index in [2.05, 4.69) is 27.7 Å². The SMILES string of the molecule is [CH2]c1cc(O)cc(C(C)(C)C)c1. The van der Waals surface area contributed by atoms with Crippen LogP contribution in [0.25, 0.3) is 0 Å². The Morgan fingerprint density at radius 2 is 1.75 bits per heavy atom. The molecular weight excluding hydrogens is 148 g/mol. The van der Waals surface area contributed by atoms with Gasteiger partial charge in [-0.05, 0) is 35.6 Å². The molecular formula is C11H15O. The van der Waals surface area contributed by atoms with Crippen molar-refractivity contribution in [3.63, 3.8) is 0 Å². The monoisotopic (exact) mass is 163 g/mol. The highest BCUT2D eigenvalue weighted by molar-refractivity contribution is 5.37. The number of hydrogen-bond donors (Lipinski definition) is 1. The van der Waals surface area contributed by atoms with Crippen LogP contribution in [0.5, 0.6) is 5.75 Å². The van der Waals surface area contributed by atoms with E-state index in [9.17, 15) is 5.11 Å². The first-order valence-electron chi connectivity index (χ1n) is 4.06. The summed E-state index contributed by atoms with van der Waals surface area (Å²) in [4.78, 5) is 0. The van der Waals surface area contributed by atoms with Crippen molar-refractivity contribution in [1.29, 1.82) is 0 Å². The third-order valence-corrected chi connectivity index (χ3v) is 1.84. The Labute approximate surface area is 74.1 Å². The molecule has 0 amide bonds. The van der Waals surface area contributed by atoms with Gasteiger partial charge in [0.25, 0.3) is 0 Å². The van der Waals surface area contributed by atoms with Crippen molar-refractivity contribution in [2.75, 3.05) is 0 Å². The summed E-state index contributed by atoms with van der Waals surface area (Å²) in [5.41, 5.74) is 2.05. The number of benzene rings is 1. The predicted octanol–water partition coefficient (Wildman–Crippen LogP) is 2.87. The van der Waals surface area contributed by atoms with E-state index >= 15 is 0 Å². The number of hydrogen-bond acceptors (Lipinski definition) is 1. The fourth-order valence-corrected chi connectivity index (χ4v) is 1.11. The Morgan fingerprint density at radius 1 is 1.17 bits per heavy atom. The highest BCUT2D eigenvalue weighted by atomic mass is 16.3. The van der Waals surface area contributed by atoms with E-state index in [4.69, 9.17) is 0 Å². The second kappa shape index (κ2) is 2.81. The van der Waals surface area contributed by atoms with Gasteiger partial charge in [0.2, 0.25) is 0 Å². The van der Waals surface area contributed by atoms with Gasteiger partial charge in [-0.15, -0.1) is 0 Å². The molecule has 1 rings (SSSR count). The molecule has 0 bridgehead atoms. The van der Waals surface area contributed by atoms with E-state index in [-0.39, 0.29) is 5.41 Å². The van der Waals surface area contributed by atoms with Crippen LogP contribution >= 0.6 is 0 Å². The third-order valence-electron chi connectivity index (χ3n) is 1.84. The van der Waals surface area contributed by atoms with Crippen LogP contribution in [0.15, 0.2) is 18.2 Å².